The number of rotatable bonds is 3. The van der Waals surface area contributed by atoms with Gasteiger partial charge in [-0.15, -0.1) is 10.2 Å². The predicted molar refractivity (Wildman–Crippen MR) is 53.7 cm³/mol. The van der Waals surface area contributed by atoms with Crippen molar-refractivity contribution in [2.24, 2.45) is 11.7 Å². The van der Waals surface area contributed by atoms with Crippen LogP contribution in [0.1, 0.15) is 48.7 Å². The standard InChI is InChI=1S/C9H15N3S/c1-3-6-4-7(6)9-12-11-8(13-9)5(2)10/h5-7H,3-4,10H2,1-2H3/t5?,6-,7-/m1/s1. The van der Waals surface area contributed by atoms with Crippen LogP contribution >= 0.6 is 11.3 Å². The molecule has 1 aliphatic carbocycles. The Balaban J connectivity index is 2.07. The van der Waals surface area contributed by atoms with Crippen molar-refractivity contribution in [2.75, 3.05) is 0 Å². The molecule has 1 unspecified atom stereocenters. The van der Waals surface area contributed by atoms with Gasteiger partial charge in [-0.1, -0.05) is 24.7 Å². The molecule has 13 heavy (non-hydrogen) atoms. The van der Waals surface area contributed by atoms with Crippen LogP contribution in [0.2, 0.25) is 0 Å². The average molecular weight is 197 g/mol. The van der Waals surface area contributed by atoms with E-state index in [0.29, 0.717) is 5.92 Å². The fourth-order valence-corrected chi connectivity index (χ4v) is 2.59. The summed E-state index contributed by atoms with van der Waals surface area (Å²) in [5.41, 5.74) is 5.72. The van der Waals surface area contributed by atoms with Crippen molar-refractivity contribution in [2.45, 2.75) is 38.6 Å². The van der Waals surface area contributed by atoms with Gasteiger partial charge in [0.15, 0.2) is 0 Å². The van der Waals surface area contributed by atoms with Gasteiger partial charge in [0.25, 0.3) is 0 Å². The molecule has 1 aliphatic rings. The van der Waals surface area contributed by atoms with Gasteiger partial charge >= 0.3 is 0 Å². The molecule has 0 radical (unpaired) electrons. The number of hydrogen-bond donors (Lipinski definition) is 1. The first-order chi connectivity index (χ1) is 6.22. The molecule has 2 rings (SSSR count). The molecule has 0 bridgehead atoms. The van der Waals surface area contributed by atoms with Crippen LogP contribution in [0.4, 0.5) is 0 Å². The maximum Gasteiger partial charge on any atom is 0.133 e. The number of nitrogens with two attached hydrogens (primary N) is 1. The largest absolute Gasteiger partial charge is 0.322 e. The molecule has 1 heterocycles. The predicted octanol–water partition coefficient (Wildman–Crippen LogP) is 2.07. The topological polar surface area (TPSA) is 51.8 Å². The Hall–Kier alpha value is -0.480. The molecule has 1 aromatic heterocycles. The van der Waals surface area contributed by atoms with Crippen molar-refractivity contribution in [1.82, 2.24) is 10.2 Å². The van der Waals surface area contributed by atoms with Crippen LogP contribution in [-0.2, 0) is 0 Å². The monoisotopic (exact) mass is 197 g/mol. The van der Waals surface area contributed by atoms with Crippen molar-refractivity contribution in [1.29, 1.82) is 0 Å². The van der Waals surface area contributed by atoms with E-state index in [2.05, 4.69) is 17.1 Å². The Bertz CT molecular complexity index is 295. The first-order valence-electron chi connectivity index (χ1n) is 4.81. The molecule has 0 aromatic carbocycles. The van der Waals surface area contributed by atoms with Gasteiger partial charge in [-0.3, -0.25) is 0 Å². The lowest BCUT2D eigenvalue weighted by Crippen LogP contribution is -2.03. The minimum Gasteiger partial charge on any atom is -0.322 e. The van der Waals surface area contributed by atoms with Crippen LogP contribution in [0.5, 0.6) is 0 Å². The molecule has 0 amide bonds. The average Bonchev–Trinajstić information content (AvgIpc) is 2.73. The van der Waals surface area contributed by atoms with Crippen molar-refractivity contribution in [3.8, 4) is 0 Å². The van der Waals surface area contributed by atoms with Gasteiger partial charge in [0.2, 0.25) is 0 Å². The van der Waals surface area contributed by atoms with E-state index in [0.717, 1.165) is 10.9 Å². The minimum absolute atomic E-state index is 0.0325. The highest BCUT2D eigenvalue weighted by atomic mass is 32.1. The zero-order valence-corrected chi connectivity index (χ0v) is 8.84. The summed E-state index contributed by atoms with van der Waals surface area (Å²) in [6.07, 6.45) is 2.56. The van der Waals surface area contributed by atoms with E-state index in [1.807, 2.05) is 6.92 Å². The van der Waals surface area contributed by atoms with E-state index in [-0.39, 0.29) is 6.04 Å². The van der Waals surface area contributed by atoms with E-state index in [9.17, 15) is 0 Å². The summed E-state index contributed by atoms with van der Waals surface area (Å²) in [6, 6.07) is 0.0325. The molecule has 0 aliphatic heterocycles. The second-order valence-electron chi connectivity index (χ2n) is 3.78. The molecule has 1 fully saturated rings. The SMILES string of the molecule is CC[C@@H]1C[C@H]1c1nnc(C(C)N)s1. The third kappa shape index (κ3) is 1.74. The van der Waals surface area contributed by atoms with Gasteiger partial charge in [-0.05, 0) is 19.3 Å². The van der Waals surface area contributed by atoms with Gasteiger partial charge in [0, 0.05) is 5.92 Å². The molecule has 0 spiro atoms. The molecular weight excluding hydrogens is 182 g/mol. The van der Waals surface area contributed by atoms with Gasteiger partial charge in [-0.2, -0.15) is 0 Å². The molecule has 0 saturated heterocycles. The van der Waals surface area contributed by atoms with Gasteiger partial charge in [0.05, 0.1) is 6.04 Å². The van der Waals surface area contributed by atoms with Crippen molar-refractivity contribution in [3.05, 3.63) is 10.0 Å². The molecule has 3 atom stereocenters. The molecular formula is C9H15N3S. The van der Waals surface area contributed by atoms with Crippen LogP contribution in [0.15, 0.2) is 0 Å². The Morgan fingerprint density at radius 1 is 1.62 bits per heavy atom. The van der Waals surface area contributed by atoms with Crippen LogP contribution < -0.4 is 5.73 Å². The Labute approximate surface area is 82.4 Å². The smallest absolute Gasteiger partial charge is 0.133 e. The highest BCUT2D eigenvalue weighted by molar-refractivity contribution is 7.11. The quantitative estimate of drug-likeness (QED) is 0.807. The summed E-state index contributed by atoms with van der Waals surface area (Å²) in [6.45, 7) is 4.19. The number of aromatic nitrogens is 2. The third-order valence-electron chi connectivity index (χ3n) is 2.61. The highest BCUT2D eigenvalue weighted by Crippen LogP contribution is 2.50. The first-order valence-corrected chi connectivity index (χ1v) is 5.63. The Morgan fingerprint density at radius 3 is 2.85 bits per heavy atom. The summed E-state index contributed by atoms with van der Waals surface area (Å²) < 4.78 is 0. The lowest BCUT2D eigenvalue weighted by molar-refractivity contribution is 0.751. The summed E-state index contributed by atoms with van der Waals surface area (Å²) in [7, 11) is 0. The molecule has 4 heteroatoms. The van der Waals surface area contributed by atoms with Gasteiger partial charge in [0.1, 0.15) is 10.0 Å². The zero-order valence-electron chi connectivity index (χ0n) is 8.03. The van der Waals surface area contributed by atoms with Crippen LogP contribution in [0.25, 0.3) is 0 Å². The first kappa shape index (κ1) is 9.09. The molecule has 3 nitrogen and oxygen atoms in total. The third-order valence-corrected chi connectivity index (χ3v) is 3.87. The van der Waals surface area contributed by atoms with Crippen molar-refractivity contribution >= 4 is 11.3 Å². The normalized spacial score (nSPS) is 28.8. The lowest BCUT2D eigenvalue weighted by Gasteiger charge is -1.94. The van der Waals surface area contributed by atoms with E-state index in [1.165, 1.54) is 17.8 Å². The van der Waals surface area contributed by atoms with Crippen LogP contribution in [0, 0.1) is 5.92 Å². The highest BCUT2D eigenvalue weighted by Gasteiger charge is 2.39. The van der Waals surface area contributed by atoms with E-state index >= 15 is 0 Å². The van der Waals surface area contributed by atoms with Crippen LogP contribution in [-0.4, -0.2) is 10.2 Å². The fraction of sp³-hybridized carbons (Fsp3) is 0.778. The summed E-state index contributed by atoms with van der Waals surface area (Å²) in [4.78, 5) is 0. The Kier molecular flexibility index (Phi) is 2.34. The fourth-order valence-electron chi connectivity index (χ4n) is 1.58. The van der Waals surface area contributed by atoms with Crippen molar-refractivity contribution < 1.29 is 0 Å². The maximum atomic E-state index is 5.72. The summed E-state index contributed by atoms with van der Waals surface area (Å²) >= 11 is 1.68. The summed E-state index contributed by atoms with van der Waals surface area (Å²) in [5, 5.41) is 10.4. The maximum absolute atomic E-state index is 5.72. The number of nitrogens with zero attached hydrogens (tertiary/aromatic N) is 2. The Morgan fingerprint density at radius 2 is 2.38 bits per heavy atom. The van der Waals surface area contributed by atoms with Gasteiger partial charge in [-0.25, -0.2) is 0 Å². The van der Waals surface area contributed by atoms with Crippen LogP contribution in [0.3, 0.4) is 0 Å². The van der Waals surface area contributed by atoms with E-state index in [4.69, 9.17) is 5.73 Å². The van der Waals surface area contributed by atoms with E-state index in [1.54, 1.807) is 11.3 Å². The second kappa shape index (κ2) is 3.35. The zero-order chi connectivity index (χ0) is 9.42. The molecule has 72 valence electrons. The molecule has 1 aromatic rings. The lowest BCUT2D eigenvalue weighted by atomic mass is 10.3. The van der Waals surface area contributed by atoms with E-state index < -0.39 is 0 Å². The summed E-state index contributed by atoms with van der Waals surface area (Å²) in [5.74, 6) is 1.55. The van der Waals surface area contributed by atoms with Crippen molar-refractivity contribution in [3.63, 3.8) is 0 Å². The minimum atomic E-state index is 0.0325. The number of hydrogen-bond acceptors (Lipinski definition) is 4. The second-order valence-corrected chi connectivity index (χ2v) is 4.82. The van der Waals surface area contributed by atoms with Gasteiger partial charge < -0.3 is 5.73 Å². The molecule has 2 N–H and O–H groups in total. The molecule has 1 saturated carbocycles.